The number of anilines is 1. The second kappa shape index (κ2) is 7.16. The number of thioether (sulfide) groups is 1. The largest absolute Gasteiger partial charge is 0.451 e. The summed E-state index contributed by atoms with van der Waals surface area (Å²) in [6.45, 7) is 3.24. The molecule has 0 saturated carbocycles. The number of aromatic nitrogens is 2. The maximum Gasteiger partial charge on any atom is 0.237 e. The highest BCUT2D eigenvalue weighted by Crippen LogP contribution is 2.32. The van der Waals surface area contributed by atoms with Crippen LogP contribution in [0.15, 0.2) is 58.1 Å². The number of furan rings is 1. The molecule has 1 amide bonds. The molecule has 4 rings (SSSR count). The minimum Gasteiger partial charge on any atom is -0.451 e. The lowest BCUT2D eigenvalue weighted by Crippen LogP contribution is -2.23. The summed E-state index contributed by atoms with van der Waals surface area (Å²) in [6, 6.07) is 15.1. The van der Waals surface area contributed by atoms with Crippen molar-refractivity contribution >= 4 is 51.1 Å². The summed E-state index contributed by atoms with van der Waals surface area (Å²) in [5.74, 6) is -0.289. The average Bonchev–Trinajstić information content (AvgIpc) is 3.20. The van der Waals surface area contributed by atoms with Gasteiger partial charge in [0.05, 0.1) is 22.0 Å². The third kappa shape index (κ3) is 3.18. The topological polar surface area (TPSA) is 77.1 Å². The molecular weight excluding hydrogens is 374 g/mol. The number of hydrogen-bond acceptors (Lipinski definition) is 5. The van der Waals surface area contributed by atoms with Crippen LogP contribution >= 0.6 is 11.8 Å². The fourth-order valence-electron chi connectivity index (χ4n) is 3.08. The molecule has 0 spiro atoms. The first kappa shape index (κ1) is 18.3. The van der Waals surface area contributed by atoms with Crippen molar-refractivity contribution in [1.29, 1.82) is 0 Å². The molecule has 0 bridgehead atoms. The number of aryl methyl sites for hydroxylation is 1. The van der Waals surface area contributed by atoms with E-state index in [1.54, 1.807) is 6.07 Å². The Bertz CT molecular complexity index is 1210. The number of nitrogens with one attached hydrogen (secondary N) is 1. The first-order valence-corrected chi connectivity index (χ1v) is 9.75. The Hall–Kier alpha value is -3.06. The summed E-state index contributed by atoms with van der Waals surface area (Å²) < 4.78 is 7.60. The molecule has 0 radical (unpaired) electrons. The van der Waals surface area contributed by atoms with E-state index in [4.69, 9.17) is 4.42 Å². The molecular formula is C21H19N3O3S. The van der Waals surface area contributed by atoms with Crippen LogP contribution in [0, 0.1) is 0 Å². The van der Waals surface area contributed by atoms with E-state index >= 15 is 0 Å². The van der Waals surface area contributed by atoms with E-state index in [9.17, 15) is 9.59 Å². The van der Waals surface area contributed by atoms with Crippen molar-refractivity contribution in [3.05, 3.63) is 54.3 Å². The van der Waals surface area contributed by atoms with Crippen LogP contribution in [-0.4, -0.2) is 26.5 Å². The van der Waals surface area contributed by atoms with Crippen LogP contribution in [0.2, 0.25) is 0 Å². The minimum atomic E-state index is -0.413. The number of Topliss-reactive ketones (excluding diaryl/α,β-unsaturated/α-hetero) is 1. The van der Waals surface area contributed by atoms with Crippen molar-refractivity contribution in [3.63, 3.8) is 0 Å². The molecule has 0 aliphatic heterocycles. The van der Waals surface area contributed by atoms with Gasteiger partial charge in [0.2, 0.25) is 5.91 Å². The van der Waals surface area contributed by atoms with Crippen LogP contribution in [0.5, 0.6) is 0 Å². The lowest BCUT2D eigenvalue weighted by atomic mass is 10.2. The van der Waals surface area contributed by atoms with Crippen LogP contribution in [0.3, 0.4) is 0 Å². The normalized spacial score (nSPS) is 12.4. The van der Waals surface area contributed by atoms with Crippen molar-refractivity contribution in [1.82, 2.24) is 9.55 Å². The van der Waals surface area contributed by atoms with E-state index in [0.29, 0.717) is 16.7 Å². The van der Waals surface area contributed by atoms with Gasteiger partial charge in [-0.3, -0.25) is 9.59 Å². The minimum absolute atomic E-state index is 0.162. The zero-order valence-corrected chi connectivity index (χ0v) is 16.5. The van der Waals surface area contributed by atoms with E-state index < -0.39 is 5.25 Å². The Morgan fingerprint density at radius 2 is 1.86 bits per heavy atom. The lowest BCUT2D eigenvalue weighted by Gasteiger charge is -2.11. The number of rotatable bonds is 5. The van der Waals surface area contributed by atoms with Crippen molar-refractivity contribution in [2.75, 3.05) is 5.32 Å². The van der Waals surface area contributed by atoms with Crippen LogP contribution in [-0.2, 0) is 11.8 Å². The second-order valence-corrected chi connectivity index (χ2v) is 7.86. The Balaban J connectivity index is 1.60. The van der Waals surface area contributed by atoms with E-state index in [2.05, 4.69) is 10.3 Å². The monoisotopic (exact) mass is 393 g/mol. The summed E-state index contributed by atoms with van der Waals surface area (Å²) in [6.07, 6.45) is 0. The maximum absolute atomic E-state index is 12.8. The van der Waals surface area contributed by atoms with Crippen LogP contribution < -0.4 is 5.32 Å². The molecule has 2 heterocycles. The van der Waals surface area contributed by atoms with Gasteiger partial charge in [-0.2, -0.15) is 0 Å². The number of para-hydroxylation sites is 3. The van der Waals surface area contributed by atoms with Crippen LogP contribution in [0.1, 0.15) is 24.4 Å². The average molecular weight is 393 g/mol. The number of nitrogens with zero attached hydrogens (tertiary/aromatic N) is 2. The molecule has 4 aromatic rings. The maximum atomic E-state index is 12.8. The highest BCUT2D eigenvalue weighted by atomic mass is 32.2. The molecule has 1 atom stereocenters. The number of fused-ring (bicyclic) bond motifs is 2. The number of carbonyl (C=O) groups is 2. The Kier molecular flexibility index (Phi) is 4.68. The zero-order chi connectivity index (χ0) is 19.8. The fraction of sp³-hybridized carbons (Fsp3) is 0.190. The molecule has 7 heteroatoms. The van der Waals surface area contributed by atoms with Crippen molar-refractivity contribution in [3.8, 4) is 0 Å². The molecule has 2 aromatic heterocycles. The molecule has 0 fully saturated rings. The number of imidazole rings is 1. The molecule has 2 aromatic carbocycles. The lowest BCUT2D eigenvalue weighted by molar-refractivity contribution is -0.115. The van der Waals surface area contributed by atoms with Crippen molar-refractivity contribution in [2.24, 2.45) is 7.05 Å². The van der Waals surface area contributed by atoms with E-state index in [1.165, 1.54) is 18.7 Å². The number of carbonyl (C=O) groups excluding carboxylic acids is 2. The Labute approximate surface area is 165 Å². The molecule has 0 aliphatic carbocycles. The van der Waals surface area contributed by atoms with Gasteiger partial charge in [-0.15, -0.1) is 0 Å². The van der Waals surface area contributed by atoms with Gasteiger partial charge in [-0.1, -0.05) is 36.0 Å². The molecule has 28 heavy (non-hydrogen) atoms. The standard InChI is InChI=1S/C21H19N3O3S/c1-12(25)19-18(14-8-4-7-11-17(14)27-19)23-20(26)13(2)28-21-22-15-9-5-6-10-16(15)24(21)3/h4-11,13H,1-3H3,(H,23,26). The summed E-state index contributed by atoms with van der Waals surface area (Å²) >= 11 is 1.37. The molecule has 0 saturated heterocycles. The predicted octanol–water partition coefficient (Wildman–Crippen LogP) is 4.64. The number of ketones is 1. The summed E-state index contributed by atoms with van der Waals surface area (Å²) in [4.78, 5) is 29.4. The van der Waals surface area contributed by atoms with Crippen LogP contribution in [0.4, 0.5) is 5.69 Å². The van der Waals surface area contributed by atoms with Crippen LogP contribution in [0.25, 0.3) is 22.0 Å². The molecule has 1 unspecified atom stereocenters. The SMILES string of the molecule is CC(=O)c1oc2ccccc2c1NC(=O)C(C)Sc1nc2ccccc2n1C. The highest BCUT2D eigenvalue weighted by Gasteiger charge is 2.23. The second-order valence-electron chi connectivity index (χ2n) is 6.55. The first-order chi connectivity index (χ1) is 13.5. The van der Waals surface area contributed by atoms with E-state index in [-0.39, 0.29) is 17.5 Å². The van der Waals surface area contributed by atoms with E-state index in [1.807, 2.05) is 61.0 Å². The summed E-state index contributed by atoms with van der Waals surface area (Å²) in [5.41, 5.74) is 2.89. The highest BCUT2D eigenvalue weighted by molar-refractivity contribution is 8.00. The quantitative estimate of drug-likeness (QED) is 0.395. The van der Waals surface area contributed by atoms with Gasteiger partial charge in [0, 0.05) is 19.4 Å². The summed E-state index contributed by atoms with van der Waals surface area (Å²) in [7, 11) is 1.93. The van der Waals surface area contributed by atoms with Gasteiger partial charge in [-0.25, -0.2) is 4.98 Å². The van der Waals surface area contributed by atoms with Crippen molar-refractivity contribution in [2.45, 2.75) is 24.3 Å². The predicted molar refractivity (Wildman–Crippen MR) is 111 cm³/mol. The smallest absolute Gasteiger partial charge is 0.237 e. The number of hydrogen-bond donors (Lipinski definition) is 1. The number of amides is 1. The molecule has 142 valence electrons. The Morgan fingerprint density at radius 1 is 1.14 bits per heavy atom. The van der Waals surface area contributed by atoms with Gasteiger partial charge in [0.25, 0.3) is 0 Å². The third-order valence-electron chi connectivity index (χ3n) is 4.56. The van der Waals surface area contributed by atoms with Gasteiger partial charge in [0.1, 0.15) is 5.58 Å². The molecule has 6 nitrogen and oxygen atoms in total. The Morgan fingerprint density at radius 3 is 2.61 bits per heavy atom. The third-order valence-corrected chi connectivity index (χ3v) is 5.70. The van der Waals surface area contributed by atoms with Crippen molar-refractivity contribution < 1.29 is 14.0 Å². The number of benzene rings is 2. The van der Waals surface area contributed by atoms with Gasteiger partial charge in [-0.05, 0) is 31.2 Å². The first-order valence-electron chi connectivity index (χ1n) is 8.87. The molecule has 0 aliphatic rings. The van der Waals surface area contributed by atoms with Gasteiger partial charge >= 0.3 is 0 Å². The zero-order valence-electron chi connectivity index (χ0n) is 15.7. The van der Waals surface area contributed by atoms with Gasteiger partial charge < -0.3 is 14.3 Å². The summed E-state index contributed by atoms with van der Waals surface area (Å²) in [5, 5.41) is 3.93. The fourth-order valence-corrected chi connectivity index (χ4v) is 3.97. The molecule has 1 N–H and O–H groups in total. The van der Waals surface area contributed by atoms with Gasteiger partial charge in [0.15, 0.2) is 16.7 Å². The van der Waals surface area contributed by atoms with E-state index in [0.717, 1.165) is 16.2 Å².